The van der Waals surface area contributed by atoms with E-state index in [1.165, 1.54) is 0 Å². The lowest BCUT2D eigenvalue weighted by Gasteiger charge is -2.01. The van der Waals surface area contributed by atoms with E-state index >= 15 is 0 Å². The highest BCUT2D eigenvalue weighted by molar-refractivity contribution is 6.09. The molecule has 0 aliphatic rings. The Balaban J connectivity index is 2.31. The van der Waals surface area contributed by atoms with Gasteiger partial charge < -0.3 is 0 Å². The first-order valence-electron chi connectivity index (χ1n) is 4.98. The molecule has 0 amide bonds. The van der Waals surface area contributed by atoms with Gasteiger partial charge in [0.15, 0.2) is 5.78 Å². The van der Waals surface area contributed by atoms with E-state index in [-0.39, 0.29) is 5.78 Å². The Hall–Kier alpha value is -2.22. The maximum atomic E-state index is 12.0. The van der Waals surface area contributed by atoms with E-state index in [0.29, 0.717) is 11.1 Å². The third-order valence-electron chi connectivity index (χ3n) is 2.35. The van der Waals surface area contributed by atoms with E-state index in [4.69, 9.17) is 0 Å². The van der Waals surface area contributed by atoms with Crippen molar-refractivity contribution in [1.82, 2.24) is 0 Å². The maximum Gasteiger partial charge on any atom is 0.193 e. The summed E-state index contributed by atoms with van der Waals surface area (Å²) in [4.78, 5) is 15.8. The average Bonchev–Trinajstić information content (AvgIpc) is 2.39. The first kappa shape index (κ1) is 10.3. The lowest BCUT2D eigenvalue weighted by molar-refractivity contribution is 0.103. The van der Waals surface area contributed by atoms with Crippen LogP contribution in [0.4, 0.5) is 5.69 Å². The Bertz CT molecular complexity index is 500. The third-order valence-corrected chi connectivity index (χ3v) is 2.35. The number of hydrogen-bond donors (Lipinski definition) is 0. The molecule has 2 aromatic rings. The van der Waals surface area contributed by atoms with Crippen molar-refractivity contribution in [2.45, 2.75) is 0 Å². The SMILES string of the molecule is C=Nc1ccc(C(=O)c2ccccc2)cc1. The minimum Gasteiger partial charge on any atom is -0.289 e. The molecule has 2 nitrogen and oxygen atoms in total. The monoisotopic (exact) mass is 209 g/mol. The molecular weight excluding hydrogens is 198 g/mol. The summed E-state index contributed by atoms with van der Waals surface area (Å²) < 4.78 is 0. The van der Waals surface area contributed by atoms with Gasteiger partial charge in [0.05, 0.1) is 5.69 Å². The summed E-state index contributed by atoms with van der Waals surface area (Å²) in [5, 5.41) is 0. The molecule has 0 aromatic heterocycles. The van der Waals surface area contributed by atoms with Crippen LogP contribution in [0.5, 0.6) is 0 Å². The summed E-state index contributed by atoms with van der Waals surface area (Å²) in [7, 11) is 0. The van der Waals surface area contributed by atoms with Gasteiger partial charge in [-0.15, -0.1) is 0 Å². The van der Waals surface area contributed by atoms with Crippen LogP contribution in [-0.4, -0.2) is 12.5 Å². The fourth-order valence-corrected chi connectivity index (χ4v) is 1.47. The molecule has 2 heteroatoms. The second-order valence-corrected chi connectivity index (χ2v) is 3.40. The summed E-state index contributed by atoms with van der Waals surface area (Å²) in [5.41, 5.74) is 2.13. The molecule has 0 fully saturated rings. The van der Waals surface area contributed by atoms with E-state index < -0.39 is 0 Å². The Labute approximate surface area is 94.3 Å². The predicted octanol–water partition coefficient (Wildman–Crippen LogP) is 3.25. The molecule has 0 aliphatic carbocycles. The van der Waals surface area contributed by atoms with Crippen LogP contribution in [-0.2, 0) is 0 Å². The van der Waals surface area contributed by atoms with Crippen molar-refractivity contribution >= 4 is 18.2 Å². The van der Waals surface area contributed by atoms with Crippen LogP contribution >= 0.6 is 0 Å². The molecule has 78 valence electrons. The second kappa shape index (κ2) is 4.53. The molecule has 0 aliphatic heterocycles. The highest BCUT2D eigenvalue weighted by Gasteiger charge is 2.07. The highest BCUT2D eigenvalue weighted by atomic mass is 16.1. The predicted molar refractivity (Wildman–Crippen MR) is 65.5 cm³/mol. The Morgan fingerprint density at radius 3 is 2.00 bits per heavy atom. The van der Waals surface area contributed by atoms with Gasteiger partial charge in [0.25, 0.3) is 0 Å². The molecule has 0 radical (unpaired) electrons. The van der Waals surface area contributed by atoms with Gasteiger partial charge in [-0.3, -0.25) is 9.79 Å². The second-order valence-electron chi connectivity index (χ2n) is 3.40. The van der Waals surface area contributed by atoms with Crippen molar-refractivity contribution in [3.8, 4) is 0 Å². The molecule has 0 bridgehead atoms. The lowest BCUT2D eigenvalue weighted by Crippen LogP contribution is -1.99. The quantitative estimate of drug-likeness (QED) is 0.563. The minimum absolute atomic E-state index is 0.0243. The smallest absolute Gasteiger partial charge is 0.193 e. The number of benzene rings is 2. The zero-order valence-electron chi connectivity index (χ0n) is 8.76. The van der Waals surface area contributed by atoms with Crippen LogP contribution in [0.3, 0.4) is 0 Å². The molecule has 16 heavy (non-hydrogen) atoms. The van der Waals surface area contributed by atoms with E-state index in [2.05, 4.69) is 11.7 Å². The summed E-state index contributed by atoms with van der Waals surface area (Å²) in [6.45, 7) is 3.43. The number of aliphatic imine (C=N–C) groups is 1. The summed E-state index contributed by atoms with van der Waals surface area (Å²) in [6, 6.07) is 16.3. The molecule has 0 heterocycles. The van der Waals surface area contributed by atoms with Crippen LogP contribution in [0.2, 0.25) is 0 Å². The molecule has 0 unspecified atom stereocenters. The number of carbonyl (C=O) groups excluding carboxylic acids is 1. The van der Waals surface area contributed by atoms with E-state index in [1.54, 1.807) is 24.3 Å². The van der Waals surface area contributed by atoms with Crippen LogP contribution < -0.4 is 0 Å². The minimum atomic E-state index is 0.0243. The Kier molecular flexibility index (Phi) is 2.92. The van der Waals surface area contributed by atoms with Crippen LogP contribution in [0.15, 0.2) is 59.6 Å². The standard InChI is InChI=1S/C14H11NO/c1-15-13-9-7-12(8-10-13)14(16)11-5-3-2-4-6-11/h2-10H,1H2. The first-order chi connectivity index (χ1) is 7.81. The van der Waals surface area contributed by atoms with Gasteiger partial charge in [-0.25, -0.2) is 0 Å². The number of nitrogens with zero attached hydrogens (tertiary/aromatic N) is 1. The van der Waals surface area contributed by atoms with Gasteiger partial charge in [0.1, 0.15) is 0 Å². The van der Waals surface area contributed by atoms with Crippen LogP contribution in [0, 0.1) is 0 Å². The third kappa shape index (κ3) is 2.06. The van der Waals surface area contributed by atoms with Crippen molar-refractivity contribution in [1.29, 1.82) is 0 Å². The Morgan fingerprint density at radius 1 is 0.875 bits per heavy atom. The number of hydrogen-bond acceptors (Lipinski definition) is 2. The van der Waals surface area contributed by atoms with E-state index in [9.17, 15) is 4.79 Å². The topological polar surface area (TPSA) is 29.4 Å². The van der Waals surface area contributed by atoms with E-state index in [0.717, 1.165) is 5.69 Å². The molecule has 0 saturated heterocycles. The molecular formula is C14H11NO. The molecule has 0 atom stereocenters. The highest BCUT2D eigenvalue weighted by Crippen LogP contribution is 2.15. The van der Waals surface area contributed by atoms with Crippen molar-refractivity contribution in [2.24, 2.45) is 4.99 Å². The van der Waals surface area contributed by atoms with Gasteiger partial charge in [0, 0.05) is 11.1 Å². The normalized spacial score (nSPS) is 9.75. The van der Waals surface area contributed by atoms with Gasteiger partial charge in [0.2, 0.25) is 0 Å². The van der Waals surface area contributed by atoms with Crippen molar-refractivity contribution in [3.05, 3.63) is 65.7 Å². The van der Waals surface area contributed by atoms with Gasteiger partial charge in [-0.05, 0) is 31.0 Å². The number of carbonyl (C=O) groups is 1. The summed E-state index contributed by atoms with van der Waals surface area (Å²) in [6.07, 6.45) is 0. The maximum absolute atomic E-state index is 12.0. The zero-order chi connectivity index (χ0) is 11.4. The number of rotatable bonds is 3. The number of ketones is 1. The van der Waals surface area contributed by atoms with Gasteiger partial charge in [-0.1, -0.05) is 30.3 Å². The molecule has 0 saturated carbocycles. The van der Waals surface area contributed by atoms with Gasteiger partial charge >= 0.3 is 0 Å². The van der Waals surface area contributed by atoms with Gasteiger partial charge in [-0.2, -0.15) is 0 Å². The fraction of sp³-hybridized carbons (Fsp3) is 0. The van der Waals surface area contributed by atoms with Crippen LogP contribution in [0.25, 0.3) is 0 Å². The molecule has 2 rings (SSSR count). The van der Waals surface area contributed by atoms with Crippen LogP contribution in [0.1, 0.15) is 15.9 Å². The first-order valence-corrected chi connectivity index (χ1v) is 4.98. The summed E-state index contributed by atoms with van der Waals surface area (Å²) in [5.74, 6) is 0.0243. The fourth-order valence-electron chi connectivity index (χ4n) is 1.47. The van der Waals surface area contributed by atoms with E-state index in [1.807, 2.05) is 30.3 Å². The zero-order valence-corrected chi connectivity index (χ0v) is 8.76. The largest absolute Gasteiger partial charge is 0.289 e. The Morgan fingerprint density at radius 2 is 1.44 bits per heavy atom. The molecule has 0 spiro atoms. The molecule has 2 aromatic carbocycles. The lowest BCUT2D eigenvalue weighted by atomic mass is 10.0. The van der Waals surface area contributed by atoms with Crippen molar-refractivity contribution in [2.75, 3.05) is 0 Å². The summed E-state index contributed by atoms with van der Waals surface area (Å²) >= 11 is 0. The van der Waals surface area contributed by atoms with Crippen molar-refractivity contribution < 1.29 is 4.79 Å². The average molecular weight is 209 g/mol. The van der Waals surface area contributed by atoms with Crippen molar-refractivity contribution in [3.63, 3.8) is 0 Å². The molecule has 0 N–H and O–H groups in total.